The topological polar surface area (TPSA) is 48.8 Å². The highest BCUT2D eigenvalue weighted by molar-refractivity contribution is 5.34. The van der Waals surface area contributed by atoms with Crippen molar-refractivity contribution in [3.63, 3.8) is 0 Å². The van der Waals surface area contributed by atoms with Crippen molar-refractivity contribution in [2.75, 3.05) is 0 Å². The minimum absolute atomic E-state index is 0.122. The summed E-state index contributed by atoms with van der Waals surface area (Å²) in [6.07, 6.45) is 4.83. The Morgan fingerprint density at radius 2 is 1.80 bits per heavy atom. The molecule has 2 rings (SSSR count). The van der Waals surface area contributed by atoms with Crippen molar-refractivity contribution < 1.29 is 4.39 Å². The summed E-state index contributed by atoms with van der Waals surface area (Å²) in [5.74, 6) is -0.245. The van der Waals surface area contributed by atoms with Gasteiger partial charge >= 0.3 is 0 Å². The molecule has 1 aromatic rings. The minimum Gasteiger partial charge on any atom is -0.207 e. The molecule has 0 atom stereocenters. The van der Waals surface area contributed by atoms with E-state index in [1.54, 1.807) is 6.07 Å². The maximum atomic E-state index is 14.0. The monoisotopic (exact) mass is 275 g/mol. The number of halogens is 1. The van der Waals surface area contributed by atoms with E-state index in [0.717, 1.165) is 43.2 Å². The van der Waals surface area contributed by atoms with Gasteiger partial charge in [0.15, 0.2) is 0 Å². The number of hydrogen-bond acceptors (Lipinski definition) is 1. The zero-order chi connectivity index (χ0) is 14.8. The molecule has 20 heavy (non-hydrogen) atoms. The molecule has 0 aromatic heterocycles. The van der Waals surface area contributed by atoms with Gasteiger partial charge in [-0.2, -0.15) is 0 Å². The highest BCUT2D eigenvalue weighted by Gasteiger charge is 2.34. The van der Waals surface area contributed by atoms with Crippen molar-refractivity contribution in [1.82, 2.24) is 0 Å². The van der Waals surface area contributed by atoms with Crippen LogP contribution in [0.15, 0.2) is 23.3 Å². The van der Waals surface area contributed by atoms with Gasteiger partial charge in [-0.25, -0.2) is 4.39 Å². The predicted molar refractivity (Wildman–Crippen MR) is 79.0 cm³/mol. The first-order valence-corrected chi connectivity index (χ1v) is 7.25. The van der Waals surface area contributed by atoms with Gasteiger partial charge in [0.2, 0.25) is 0 Å². The Morgan fingerprint density at radius 3 is 2.35 bits per heavy atom. The average molecular weight is 275 g/mol. The lowest BCUT2D eigenvalue weighted by Crippen LogP contribution is -2.27. The Labute approximate surface area is 119 Å². The molecule has 0 aliphatic heterocycles. The van der Waals surface area contributed by atoms with Gasteiger partial charge in [-0.1, -0.05) is 51.2 Å². The van der Waals surface area contributed by atoms with E-state index in [1.165, 1.54) is 6.07 Å². The van der Waals surface area contributed by atoms with Crippen LogP contribution in [0.5, 0.6) is 0 Å². The van der Waals surface area contributed by atoms with Crippen LogP contribution in [0.1, 0.15) is 64.0 Å². The summed E-state index contributed by atoms with van der Waals surface area (Å²) in [6, 6.07) is 5.13. The zero-order valence-corrected chi connectivity index (χ0v) is 12.5. The Hall–Kier alpha value is -1.54. The molecule has 0 radical (unpaired) electrons. The molecule has 0 N–H and O–H groups in total. The van der Waals surface area contributed by atoms with Crippen molar-refractivity contribution in [3.05, 3.63) is 45.6 Å². The fourth-order valence-electron chi connectivity index (χ4n) is 2.96. The van der Waals surface area contributed by atoms with Crippen LogP contribution in [0, 0.1) is 5.82 Å². The maximum absolute atomic E-state index is 14.0. The third-order valence-electron chi connectivity index (χ3n) is 4.22. The normalized spacial score (nSPS) is 18.4. The summed E-state index contributed by atoms with van der Waals surface area (Å²) in [5.41, 5.74) is 10.0. The summed E-state index contributed by atoms with van der Waals surface area (Å²) in [6.45, 7) is 6.19. The summed E-state index contributed by atoms with van der Waals surface area (Å²) in [4.78, 5) is 3.03. The van der Waals surface area contributed by atoms with Gasteiger partial charge in [-0.15, -0.1) is 0 Å². The Bertz CT molecular complexity index is 533. The van der Waals surface area contributed by atoms with E-state index in [-0.39, 0.29) is 11.2 Å². The van der Waals surface area contributed by atoms with Crippen LogP contribution in [0.25, 0.3) is 10.4 Å². The van der Waals surface area contributed by atoms with Crippen molar-refractivity contribution in [3.8, 4) is 0 Å². The van der Waals surface area contributed by atoms with Gasteiger partial charge in [-0.3, -0.25) is 0 Å². The molecule has 0 spiro atoms. The standard InChI is InChI=1S/C16H22FN3/c1-15(2,3)12-9-13(11-14(17)10-12)16(19-20-18)7-5-4-6-8-16/h9-11H,4-8H2,1-3H3. The van der Waals surface area contributed by atoms with Crippen LogP contribution in [0.3, 0.4) is 0 Å². The maximum Gasteiger partial charge on any atom is 0.123 e. The molecule has 0 amide bonds. The lowest BCUT2D eigenvalue weighted by molar-refractivity contribution is 0.300. The summed E-state index contributed by atoms with van der Waals surface area (Å²) < 4.78 is 14.0. The van der Waals surface area contributed by atoms with Crippen LogP contribution in [0.2, 0.25) is 0 Å². The van der Waals surface area contributed by atoms with Gasteiger partial charge in [0.25, 0.3) is 0 Å². The van der Waals surface area contributed by atoms with E-state index < -0.39 is 5.54 Å². The lowest BCUT2D eigenvalue weighted by Gasteiger charge is -2.34. The van der Waals surface area contributed by atoms with E-state index in [1.807, 2.05) is 6.07 Å². The van der Waals surface area contributed by atoms with Gasteiger partial charge in [0, 0.05) is 4.91 Å². The summed E-state index contributed by atoms with van der Waals surface area (Å²) in [5, 5.41) is 4.06. The van der Waals surface area contributed by atoms with Crippen LogP contribution >= 0.6 is 0 Å². The van der Waals surface area contributed by atoms with Crippen LogP contribution in [0.4, 0.5) is 4.39 Å². The fraction of sp³-hybridized carbons (Fsp3) is 0.625. The van der Waals surface area contributed by atoms with Gasteiger partial charge in [-0.05, 0) is 47.0 Å². The molecule has 1 aliphatic rings. The number of rotatable bonds is 2. The quantitative estimate of drug-likeness (QED) is 0.383. The van der Waals surface area contributed by atoms with Crippen LogP contribution in [-0.4, -0.2) is 0 Å². The molecule has 1 saturated carbocycles. The second kappa shape index (κ2) is 5.45. The zero-order valence-electron chi connectivity index (χ0n) is 12.5. The number of benzene rings is 1. The molecule has 0 unspecified atom stereocenters. The van der Waals surface area contributed by atoms with E-state index in [2.05, 4.69) is 30.8 Å². The first-order valence-electron chi connectivity index (χ1n) is 7.25. The second-order valence-corrected chi connectivity index (χ2v) is 6.76. The minimum atomic E-state index is -0.560. The first kappa shape index (κ1) is 14.9. The Morgan fingerprint density at radius 1 is 1.15 bits per heavy atom. The average Bonchev–Trinajstić information content (AvgIpc) is 2.38. The SMILES string of the molecule is CC(C)(C)c1cc(F)cc(C2(N=[N+]=[N-])CCCCC2)c1. The molecule has 3 nitrogen and oxygen atoms in total. The molecule has 0 bridgehead atoms. The summed E-state index contributed by atoms with van der Waals surface area (Å²) >= 11 is 0. The van der Waals surface area contributed by atoms with Crippen molar-refractivity contribution >= 4 is 0 Å². The molecular weight excluding hydrogens is 253 g/mol. The molecule has 4 heteroatoms. The first-order chi connectivity index (χ1) is 9.37. The van der Waals surface area contributed by atoms with Gasteiger partial charge < -0.3 is 0 Å². The van der Waals surface area contributed by atoms with E-state index in [9.17, 15) is 4.39 Å². The third-order valence-corrected chi connectivity index (χ3v) is 4.22. The second-order valence-electron chi connectivity index (χ2n) is 6.76. The summed E-state index contributed by atoms with van der Waals surface area (Å²) in [7, 11) is 0. The van der Waals surface area contributed by atoms with E-state index in [4.69, 9.17) is 5.53 Å². The van der Waals surface area contributed by atoms with E-state index >= 15 is 0 Å². The molecule has 1 aromatic carbocycles. The smallest absolute Gasteiger partial charge is 0.123 e. The Balaban J connectivity index is 2.54. The van der Waals surface area contributed by atoms with Crippen molar-refractivity contribution in [1.29, 1.82) is 0 Å². The molecular formula is C16H22FN3. The largest absolute Gasteiger partial charge is 0.207 e. The molecule has 108 valence electrons. The van der Waals surface area contributed by atoms with Crippen molar-refractivity contribution in [2.24, 2.45) is 5.11 Å². The predicted octanol–water partition coefficient (Wildman–Crippen LogP) is 5.59. The fourth-order valence-corrected chi connectivity index (χ4v) is 2.96. The number of azide groups is 1. The third kappa shape index (κ3) is 2.96. The Kier molecular flexibility index (Phi) is 4.05. The lowest BCUT2D eigenvalue weighted by atomic mass is 9.75. The van der Waals surface area contributed by atoms with Crippen LogP contribution in [-0.2, 0) is 11.0 Å². The number of nitrogens with zero attached hydrogens (tertiary/aromatic N) is 3. The van der Waals surface area contributed by atoms with E-state index in [0.29, 0.717) is 0 Å². The van der Waals surface area contributed by atoms with Gasteiger partial charge in [0.05, 0.1) is 5.54 Å². The number of hydrogen-bond donors (Lipinski definition) is 0. The van der Waals surface area contributed by atoms with Crippen LogP contribution < -0.4 is 0 Å². The highest BCUT2D eigenvalue weighted by Crippen LogP contribution is 2.42. The molecule has 0 saturated heterocycles. The van der Waals surface area contributed by atoms with Gasteiger partial charge in [0.1, 0.15) is 5.82 Å². The molecule has 0 heterocycles. The van der Waals surface area contributed by atoms with Crippen molar-refractivity contribution in [2.45, 2.75) is 63.8 Å². The highest BCUT2D eigenvalue weighted by atomic mass is 19.1. The molecule has 1 fully saturated rings. The molecule has 1 aliphatic carbocycles.